The standard InChI is InChI=1S/C9H15N3O3/c1-11(6-3-5-10)9(15)12(2)7-4-8(13)14/h3-4,6-7H2,1-2H3,(H,13,14). The van der Waals surface area contributed by atoms with Gasteiger partial charge in [0.25, 0.3) is 0 Å². The Morgan fingerprint density at radius 2 is 1.80 bits per heavy atom. The van der Waals surface area contributed by atoms with E-state index in [1.54, 1.807) is 7.05 Å². The maximum atomic E-state index is 11.5. The molecule has 0 heterocycles. The maximum absolute atomic E-state index is 11.5. The molecule has 6 heteroatoms. The van der Waals surface area contributed by atoms with Gasteiger partial charge in [-0.05, 0) is 0 Å². The normalized spacial score (nSPS) is 9.13. The Labute approximate surface area is 88.7 Å². The Morgan fingerprint density at radius 1 is 1.27 bits per heavy atom. The highest BCUT2D eigenvalue weighted by molar-refractivity contribution is 5.74. The van der Waals surface area contributed by atoms with Gasteiger partial charge < -0.3 is 14.9 Å². The summed E-state index contributed by atoms with van der Waals surface area (Å²) in [5.74, 6) is -0.936. The highest BCUT2D eigenvalue weighted by Gasteiger charge is 2.14. The first-order valence-corrected chi connectivity index (χ1v) is 4.54. The Morgan fingerprint density at radius 3 is 2.27 bits per heavy atom. The molecule has 0 bridgehead atoms. The van der Waals surface area contributed by atoms with Gasteiger partial charge >= 0.3 is 12.0 Å². The summed E-state index contributed by atoms with van der Waals surface area (Å²) in [5.41, 5.74) is 0. The molecule has 0 spiro atoms. The van der Waals surface area contributed by atoms with Crippen LogP contribution in [0.1, 0.15) is 12.8 Å². The molecule has 0 aromatic heterocycles. The molecule has 0 unspecified atom stereocenters. The van der Waals surface area contributed by atoms with Gasteiger partial charge in [-0.2, -0.15) is 5.26 Å². The van der Waals surface area contributed by atoms with Gasteiger partial charge in [-0.25, -0.2) is 4.79 Å². The zero-order chi connectivity index (χ0) is 11.8. The minimum absolute atomic E-state index is 0.0751. The number of nitriles is 1. The SMILES string of the molecule is CN(CCC#N)C(=O)N(C)CCC(=O)O. The van der Waals surface area contributed by atoms with Crippen LogP contribution in [0.25, 0.3) is 0 Å². The Kier molecular flexibility index (Phi) is 5.86. The fourth-order valence-electron chi connectivity index (χ4n) is 0.964. The lowest BCUT2D eigenvalue weighted by Crippen LogP contribution is -2.40. The van der Waals surface area contributed by atoms with E-state index in [2.05, 4.69) is 0 Å². The van der Waals surface area contributed by atoms with Gasteiger partial charge in [-0.3, -0.25) is 4.79 Å². The van der Waals surface area contributed by atoms with Crippen LogP contribution in [-0.4, -0.2) is 54.1 Å². The predicted molar refractivity (Wildman–Crippen MR) is 53.1 cm³/mol. The first-order valence-electron chi connectivity index (χ1n) is 4.54. The lowest BCUT2D eigenvalue weighted by molar-refractivity contribution is -0.137. The average molecular weight is 213 g/mol. The van der Waals surface area contributed by atoms with Crippen LogP contribution in [-0.2, 0) is 4.79 Å². The van der Waals surface area contributed by atoms with Gasteiger partial charge in [0.05, 0.1) is 18.9 Å². The number of rotatable bonds is 5. The van der Waals surface area contributed by atoms with Crippen molar-refractivity contribution in [3.8, 4) is 6.07 Å². The molecule has 2 amide bonds. The van der Waals surface area contributed by atoms with Crippen LogP contribution in [0, 0.1) is 11.3 Å². The summed E-state index contributed by atoms with van der Waals surface area (Å²) in [4.78, 5) is 24.5. The summed E-state index contributed by atoms with van der Waals surface area (Å²) in [7, 11) is 3.12. The number of aliphatic carboxylic acids is 1. The molecule has 1 N–H and O–H groups in total. The highest BCUT2D eigenvalue weighted by Crippen LogP contribution is 1.96. The predicted octanol–water partition coefficient (Wildman–Crippen LogP) is 0.358. The first-order chi connectivity index (χ1) is 6.99. The monoisotopic (exact) mass is 213 g/mol. The van der Waals surface area contributed by atoms with Crippen LogP contribution in [0.3, 0.4) is 0 Å². The Bertz CT molecular complexity index is 272. The molecule has 0 aliphatic heterocycles. The van der Waals surface area contributed by atoms with E-state index in [0.29, 0.717) is 6.54 Å². The van der Waals surface area contributed by atoms with Crippen molar-refractivity contribution in [1.82, 2.24) is 9.80 Å². The van der Waals surface area contributed by atoms with Crippen LogP contribution in [0.4, 0.5) is 4.79 Å². The van der Waals surface area contributed by atoms with Crippen molar-refractivity contribution < 1.29 is 14.7 Å². The number of hydrogen-bond donors (Lipinski definition) is 1. The van der Waals surface area contributed by atoms with Crippen molar-refractivity contribution >= 4 is 12.0 Å². The lowest BCUT2D eigenvalue weighted by Gasteiger charge is -2.23. The third kappa shape index (κ3) is 5.52. The molecule has 0 saturated heterocycles. The molecule has 15 heavy (non-hydrogen) atoms. The van der Waals surface area contributed by atoms with Crippen molar-refractivity contribution in [1.29, 1.82) is 5.26 Å². The van der Waals surface area contributed by atoms with Crippen molar-refractivity contribution in [3.05, 3.63) is 0 Å². The summed E-state index contributed by atoms with van der Waals surface area (Å²) >= 11 is 0. The third-order valence-electron chi connectivity index (χ3n) is 1.87. The smallest absolute Gasteiger partial charge is 0.319 e. The van der Waals surface area contributed by atoms with E-state index < -0.39 is 5.97 Å². The van der Waals surface area contributed by atoms with Gasteiger partial charge in [0, 0.05) is 27.2 Å². The van der Waals surface area contributed by atoms with Gasteiger partial charge in [-0.15, -0.1) is 0 Å². The number of hydrogen-bond acceptors (Lipinski definition) is 3. The van der Waals surface area contributed by atoms with E-state index >= 15 is 0 Å². The topological polar surface area (TPSA) is 84.6 Å². The molecule has 84 valence electrons. The highest BCUT2D eigenvalue weighted by atomic mass is 16.4. The van der Waals surface area contributed by atoms with Crippen molar-refractivity contribution in [2.24, 2.45) is 0 Å². The summed E-state index contributed by atoms with van der Waals surface area (Å²) in [5, 5.41) is 16.8. The third-order valence-corrected chi connectivity index (χ3v) is 1.87. The fourth-order valence-corrected chi connectivity index (χ4v) is 0.964. The average Bonchev–Trinajstić information content (AvgIpc) is 2.21. The molecule has 0 rings (SSSR count). The second-order valence-corrected chi connectivity index (χ2v) is 3.18. The van der Waals surface area contributed by atoms with Gasteiger partial charge in [0.15, 0.2) is 0 Å². The number of amides is 2. The van der Waals surface area contributed by atoms with E-state index in [4.69, 9.17) is 10.4 Å². The van der Waals surface area contributed by atoms with Crippen LogP contribution >= 0.6 is 0 Å². The zero-order valence-corrected chi connectivity index (χ0v) is 8.93. The minimum atomic E-state index is -0.936. The van der Waals surface area contributed by atoms with E-state index in [0.717, 1.165) is 0 Å². The lowest BCUT2D eigenvalue weighted by atomic mass is 10.4. The summed E-state index contributed by atoms with van der Waals surface area (Å²) in [6.07, 6.45) is 0.198. The first kappa shape index (κ1) is 13.2. The van der Waals surface area contributed by atoms with Crippen LogP contribution < -0.4 is 0 Å². The maximum Gasteiger partial charge on any atom is 0.319 e. The summed E-state index contributed by atoms with van der Waals surface area (Å²) < 4.78 is 0. The fraction of sp³-hybridized carbons (Fsp3) is 0.667. The van der Waals surface area contributed by atoms with Crippen LogP contribution in [0.5, 0.6) is 0 Å². The summed E-state index contributed by atoms with van der Waals surface area (Å²) in [6, 6.07) is 1.66. The molecule has 0 aromatic carbocycles. The molecule has 0 aliphatic rings. The molecule has 6 nitrogen and oxygen atoms in total. The zero-order valence-electron chi connectivity index (χ0n) is 8.93. The quantitative estimate of drug-likeness (QED) is 0.714. The van der Waals surface area contributed by atoms with Crippen molar-refractivity contribution in [3.63, 3.8) is 0 Å². The molecule has 0 radical (unpaired) electrons. The number of carbonyl (C=O) groups excluding carboxylic acids is 1. The second kappa shape index (κ2) is 6.65. The Hall–Kier alpha value is -1.77. The number of carboxylic acid groups (broad SMARTS) is 1. The molecule has 0 fully saturated rings. The number of carbonyl (C=O) groups is 2. The van der Waals surface area contributed by atoms with E-state index in [-0.39, 0.29) is 25.4 Å². The summed E-state index contributed by atoms with van der Waals surface area (Å²) in [6.45, 7) is 0.526. The van der Waals surface area contributed by atoms with E-state index in [1.807, 2.05) is 6.07 Å². The van der Waals surface area contributed by atoms with E-state index in [9.17, 15) is 9.59 Å². The number of nitrogens with zero attached hydrogens (tertiary/aromatic N) is 3. The van der Waals surface area contributed by atoms with Crippen LogP contribution in [0.15, 0.2) is 0 Å². The molecular weight excluding hydrogens is 198 g/mol. The molecule has 0 atom stereocenters. The molecular formula is C9H15N3O3. The Balaban J connectivity index is 3.97. The second-order valence-electron chi connectivity index (χ2n) is 3.18. The van der Waals surface area contributed by atoms with Crippen molar-refractivity contribution in [2.75, 3.05) is 27.2 Å². The molecule has 0 saturated carbocycles. The minimum Gasteiger partial charge on any atom is -0.481 e. The number of urea groups is 1. The molecule has 0 aliphatic carbocycles. The largest absolute Gasteiger partial charge is 0.481 e. The van der Waals surface area contributed by atoms with Crippen molar-refractivity contribution in [2.45, 2.75) is 12.8 Å². The van der Waals surface area contributed by atoms with Gasteiger partial charge in [-0.1, -0.05) is 0 Å². The van der Waals surface area contributed by atoms with Gasteiger partial charge in [0.2, 0.25) is 0 Å². The van der Waals surface area contributed by atoms with Crippen LogP contribution in [0.2, 0.25) is 0 Å². The molecule has 0 aromatic rings. The van der Waals surface area contributed by atoms with Gasteiger partial charge in [0.1, 0.15) is 0 Å². The number of carboxylic acids is 1. The van der Waals surface area contributed by atoms with E-state index in [1.165, 1.54) is 16.8 Å².